The zero-order valence-electron chi connectivity index (χ0n) is 15.7. The first-order valence-electron chi connectivity index (χ1n) is 10.7. The average molecular weight is 341 g/mol. The Bertz CT molecular complexity index is 343. The molecular weight excluding hydrogens is 302 g/mol. The van der Waals surface area contributed by atoms with E-state index in [1.807, 2.05) is 0 Å². The first-order chi connectivity index (χ1) is 11.7. The molecule has 0 heterocycles. The highest BCUT2D eigenvalue weighted by Crippen LogP contribution is 2.43. The molecule has 0 amide bonds. The number of hydrogen-bond acceptors (Lipinski definition) is 0. The largest absolute Gasteiger partial charge is 0.266 e. The van der Waals surface area contributed by atoms with Gasteiger partial charge in [0.15, 0.2) is 0 Å². The highest BCUT2D eigenvalue weighted by Gasteiger charge is 2.30. The molecule has 0 aromatic rings. The van der Waals surface area contributed by atoms with Gasteiger partial charge in [-0.1, -0.05) is 64.7 Å². The second-order valence-electron chi connectivity index (χ2n) is 8.48. The lowest BCUT2D eigenvalue weighted by Crippen LogP contribution is -2.25. The van der Waals surface area contributed by atoms with Crippen LogP contribution in [0, 0.1) is 23.7 Å². The molecule has 2 rings (SSSR count). The molecule has 0 radical (unpaired) electrons. The number of unbranched alkanes of at least 4 members (excludes halogenated alkanes) is 3. The smallest absolute Gasteiger partial charge is 0.174 e. The molecule has 2 aliphatic carbocycles. The SMILES string of the molecule is CCCCCCC1CCC(C2CCC(CCC=C(F)F)CC2)CC1. The normalized spacial score (nSPS) is 31.0. The molecule has 0 atom stereocenters. The third-order valence-corrected chi connectivity index (χ3v) is 6.79. The quantitative estimate of drug-likeness (QED) is 0.372. The minimum absolute atomic E-state index is 0.570. The summed E-state index contributed by atoms with van der Waals surface area (Å²) in [6.45, 7) is 2.29. The Morgan fingerprint density at radius 1 is 0.750 bits per heavy atom. The summed E-state index contributed by atoms with van der Waals surface area (Å²) in [7, 11) is 0. The van der Waals surface area contributed by atoms with Gasteiger partial charge in [-0.15, -0.1) is 0 Å². The highest BCUT2D eigenvalue weighted by atomic mass is 19.3. The molecule has 0 spiro atoms. The maximum Gasteiger partial charge on any atom is 0.266 e. The standard InChI is InChI=1S/C22H38F2/c1-2-3-4-5-7-18-10-14-20(15-11-18)21-16-12-19(13-17-21)8-6-9-22(23)24/h9,18-21H,2-8,10-17H2,1H3. The summed E-state index contributed by atoms with van der Waals surface area (Å²) >= 11 is 0. The Hall–Kier alpha value is -0.400. The molecule has 0 aromatic heterocycles. The monoisotopic (exact) mass is 340 g/mol. The molecule has 140 valence electrons. The van der Waals surface area contributed by atoms with Gasteiger partial charge in [0, 0.05) is 0 Å². The summed E-state index contributed by atoms with van der Waals surface area (Å²) in [6.07, 6.45) is 19.4. The van der Waals surface area contributed by atoms with Gasteiger partial charge in [-0.25, -0.2) is 0 Å². The van der Waals surface area contributed by atoms with E-state index in [9.17, 15) is 8.78 Å². The number of rotatable bonds is 9. The van der Waals surface area contributed by atoms with Crippen LogP contribution in [0.25, 0.3) is 0 Å². The van der Waals surface area contributed by atoms with Gasteiger partial charge in [0.2, 0.25) is 0 Å². The molecule has 0 aliphatic heterocycles. The lowest BCUT2D eigenvalue weighted by Gasteiger charge is -2.38. The first-order valence-corrected chi connectivity index (χ1v) is 10.7. The van der Waals surface area contributed by atoms with Crippen LogP contribution in [0.2, 0.25) is 0 Å². The van der Waals surface area contributed by atoms with Crippen LogP contribution < -0.4 is 0 Å². The minimum Gasteiger partial charge on any atom is -0.174 e. The third-order valence-electron chi connectivity index (χ3n) is 6.79. The number of hydrogen-bond donors (Lipinski definition) is 0. The van der Waals surface area contributed by atoms with E-state index in [4.69, 9.17) is 0 Å². The van der Waals surface area contributed by atoms with E-state index >= 15 is 0 Å². The topological polar surface area (TPSA) is 0 Å². The van der Waals surface area contributed by atoms with E-state index in [2.05, 4.69) is 6.92 Å². The van der Waals surface area contributed by atoms with E-state index < -0.39 is 6.08 Å². The van der Waals surface area contributed by atoms with Crippen LogP contribution >= 0.6 is 0 Å². The van der Waals surface area contributed by atoms with Crippen LogP contribution in [0.15, 0.2) is 12.2 Å². The fourth-order valence-corrected chi connectivity index (χ4v) is 5.18. The van der Waals surface area contributed by atoms with Crippen molar-refractivity contribution in [2.75, 3.05) is 0 Å². The van der Waals surface area contributed by atoms with Gasteiger partial charge in [-0.2, -0.15) is 8.78 Å². The molecule has 0 aromatic carbocycles. The minimum atomic E-state index is -1.50. The Morgan fingerprint density at radius 2 is 1.29 bits per heavy atom. The van der Waals surface area contributed by atoms with Gasteiger partial charge in [0.25, 0.3) is 6.08 Å². The van der Waals surface area contributed by atoms with Crippen LogP contribution in [0.1, 0.15) is 103 Å². The van der Waals surface area contributed by atoms with Gasteiger partial charge in [-0.05, 0) is 68.3 Å². The molecule has 2 fully saturated rings. The van der Waals surface area contributed by atoms with Gasteiger partial charge in [-0.3, -0.25) is 0 Å². The second-order valence-corrected chi connectivity index (χ2v) is 8.48. The lowest BCUT2D eigenvalue weighted by molar-refractivity contribution is 0.140. The molecule has 0 nitrogen and oxygen atoms in total. The van der Waals surface area contributed by atoms with Crippen molar-refractivity contribution in [3.8, 4) is 0 Å². The molecule has 0 bridgehead atoms. The van der Waals surface area contributed by atoms with Crippen molar-refractivity contribution in [2.45, 2.75) is 103 Å². The third kappa shape index (κ3) is 7.23. The van der Waals surface area contributed by atoms with Gasteiger partial charge in [0.1, 0.15) is 0 Å². The van der Waals surface area contributed by atoms with E-state index in [0.717, 1.165) is 30.3 Å². The zero-order chi connectivity index (χ0) is 17.2. The summed E-state index contributed by atoms with van der Waals surface area (Å²) in [4.78, 5) is 0. The average Bonchev–Trinajstić information content (AvgIpc) is 2.60. The van der Waals surface area contributed by atoms with Gasteiger partial charge < -0.3 is 0 Å². The summed E-state index contributed by atoms with van der Waals surface area (Å²) in [5.74, 6) is 3.63. The predicted octanol–water partition coefficient (Wildman–Crippen LogP) is 8.13. The van der Waals surface area contributed by atoms with Crippen molar-refractivity contribution in [1.29, 1.82) is 0 Å². The van der Waals surface area contributed by atoms with Gasteiger partial charge in [0.05, 0.1) is 0 Å². The van der Waals surface area contributed by atoms with Crippen molar-refractivity contribution in [3.05, 3.63) is 12.2 Å². The number of halogens is 2. The van der Waals surface area contributed by atoms with Crippen LogP contribution in [0.5, 0.6) is 0 Å². The van der Waals surface area contributed by atoms with Crippen LogP contribution in [0.4, 0.5) is 8.78 Å². The molecule has 0 unspecified atom stereocenters. The fourth-order valence-electron chi connectivity index (χ4n) is 5.18. The Labute approximate surface area is 148 Å². The highest BCUT2D eigenvalue weighted by molar-refractivity contribution is 4.85. The molecule has 2 heteroatoms. The van der Waals surface area contributed by atoms with Crippen molar-refractivity contribution < 1.29 is 8.78 Å². The maximum atomic E-state index is 12.1. The van der Waals surface area contributed by atoms with E-state index in [1.165, 1.54) is 83.5 Å². The Kier molecular flexibility index (Phi) is 9.35. The molecule has 0 saturated heterocycles. The second kappa shape index (κ2) is 11.3. The van der Waals surface area contributed by atoms with Gasteiger partial charge >= 0.3 is 0 Å². The van der Waals surface area contributed by atoms with Crippen molar-refractivity contribution in [1.82, 2.24) is 0 Å². The van der Waals surface area contributed by atoms with Crippen LogP contribution in [-0.2, 0) is 0 Å². The Balaban J connectivity index is 1.58. The summed E-state index contributed by atoms with van der Waals surface area (Å²) < 4.78 is 24.2. The zero-order valence-corrected chi connectivity index (χ0v) is 15.7. The summed E-state index contributed by atoms with van der Waals surface area (Å²) in [5.41, 5.74) is 0. The van der Waals surface area contributed by atoms with Crippen molar-refractivity contribution >= 4 is 0 Å². The van der Waals surface area contributed by atoms with Crippen LogP contribution in [-0.4, -0.2) is 0 Å². The molecule has 24 heavy (non-hydrogen) atoms. The lowest BCUT2D eigenvalue weighted by atomic mass is 9.68. The van der Waals surface area contributed by atoms with Crippen LogP contribution in [0.3, 0.4) is 0 Å². The molecular formula is C22H38F2. The van der Waals surface area contributed by atoms with E-state index in [1.54, 1.807) is 0 Å². The summed E-state index contributed by atoms with van der Waals surface area (Å²) in [6, 6.07) is 0. The first kappa shape index (κ1) is 19.9. The van der Waals surface area contributed by atoms with Crippen molar-refractivity contribution in [2.24, 2.45) is 23.7 Å². The van der Waals surface area contributed by atoms with Crippen molar-refractivity contribution in [3.63, 3.8) is 0 Å². The fraction of sp³-hybridized carbons (Fsp3) is 0.909. The molecule has 2 saturated carbocycles. The molecule has 0 N–H and O–H groups in total. The molecule has 2 aliphatic rings. The van der Waals surface area contributed by atoms with E-state index in [-0.39, 0.29) is 0 Å². The predicted molar refractivity (Wildman–Crippen MR) is 99.2 cm³/mol. The van der Waals surface area contributed by atoms with E-state index in [0.29, 0.717) is 12.3 Å². The number of allylic oxidation sites excluding steroid dienone is 1. The Morgan fingerprint density at radius 3 is 1.79 bits per heavy atom. The maximum absolute atomic E-state index is 12.1. The summed E-state index contributed by atoms with van der Waals surface area (Å²) in [5, 5.41) is 0.